The van der Waals surface area contributed by atoms with Gasteiger partial charge in [0.15, 0.2) is 0 Å². The van der Waals surface area contributed by atoms with Gasteiger partial charge in [-0.25, -0.2) is 15.0 Å². The van der Waals surface area contributed by atoms with Crippen molar-refractivity contribution >= 4 is 23.1 Å². The average Bonchev–Trinajstić information content (AvgIpc) is 3.41. The zero-order valence-electron chi connectivity index (χ0n) is 19.5. The molecule has 0 saturated carbocycles. The van der Waals surface area contributed by atoms with E-state index >= 15 is 0 Å². The van der Waals surface area contributed by atoms with Gasteiger partial charge in [-0.15, -0.1) is 0 Å². The lowest BCUT2D eigenvalue weighted by Crippen LogP contribution is -2.36. The predicted octanol–water partition coefficient (Wildman–Crippen LogP) is 4.26. The van der Waals surface area contributed by atoms with Gasteiger partial charge in [0.05, 0.1) is 28.8 Å². The normalized spacial score (nSPS) is 16.9. The highest BCUT2D eigenvalue weighted by molar-refractivity contribution is 5.70. The van der Waals surface area contributed by atoms with Gasteiger partial charge in [0.1, 0.15) is 11.9 Å². The molecule has 34 heavy (non-hydrogen) atoms. The van der Waals surface area contributed by atoms with E-state index in [0.29, 0.717) is 17.6 Å². The van der Waals surface area contributed by atoms with Crippen molar-refractivity contribution in [3.8, 4) is 17.3 Å². The van der Waals surface area contributed by atoms with Gasteiger partial charge in [-0.1, -0.05) is 6.07 Å². The van der Waals surface area contributed by atoms with Crippen LogP contribution >= 0.6 is 0 Å². The Balaban J connectivity index is 1.27. The molecule has 174 valence electrons. The van der Waals surface area contributed by atoms with Gasteiger partial charge in [-0.3, -0.25) is 0 Å². The summed E-state index contributed by atoms with van der Waals surface area (Å²) in [6.07, 6.45) is 8.15. The van der Waals surface area contributed by atoms with Gasteiger partial charge in [0.25, 0.3) is 0 Å². The van der Waals surface area contributed by atoms with E-state index < -0.39 is 0 Å². The monoisotopic (exact) mass is 454 g/mol. The van der Waals surface area contributed by atoms with E-state index in [1.807, 2.05) is 36.4 Å². The summed E-state index contributed by atoms with van der Waals surface area (Å²) >= 11 is 0. The first-order chi connectivity index (χ1) is 16.7. The number of anilines is 4. The summed E-state index contributed by atoms with van der Waals surface area (Å²) in [6, 6.07) is 14.7. The molecule has 0 amide bonds. The molecule has 8 heteroatoms. The van der Waals surface area contributed by atoms with E-state index in [1.54, 1.807) is 12.4 Å². The maximum atomic E-state index is 9.70. The molecule has 0 unspecified atom stereocenters. The van der Waals surface area contributed by atoms with E-state index in [-0.39, 0.29) is 0 Å². The van der Waals surface area contributed by atoms with Crippen molar-refractivity contribution in [3.05, 3.63) is 54.4 Å². The molecule has 0 bridgehead atoms. The molecule has 2 saturated heterocycles. The second kappa shape index (κ2) is 10.1. The zero-order chi connectivity index (χ0) is 23.3. The average molecular weight is 455 g/mol. The van der Waals surface area contributed by atoms with Crippen LogP contribution in [-0.4, -0.2) is 59.1 Å². The molecule has 0 radical (unpaired) electrons. The van der Waals surface area contributed by atoms with Gasteiger partial charge in [0.2, 0.25) is 5.95 Å². The lowest BCUT2D eigenvalue weighted by atomic mass is 10.1. The van der Waals surface area contributed by atoms with Gasteiger partial charge in [0, 0.05) is 30.9 Å². The van der Waals surface area contributed by atoms with E-state index in [2.05, 4.69) is 48.5 Å². The lowest BCUT2D eigenvalue weighted by Gasteiger charge is -2.29. The Bertz CT molecular complexity index is 1160. The number of nitrogens with zero attached hydrogens (tertiary/aromatic N) is 6. The number of rotatable bonds is 6. The molecule has 2 aliphatic heterocycles. The fraction of sp³-hybridized carbons (Fsp3) is 0.385. The summed E-state index contributed by atoms with van der Waals surface area (Å²) in [6.45, 7) is 4.25. The molecule has 3 aromatic rings. The van der Waals surface area contributed by atoms with Gasteiger partial charge in [-0.05, 0) is 76.2 Å². The topological polar surface area (TPSA) is 93.0 Å². The first kappa shape index (κ1) is 22.1. The predicted molar refractivity (Wildman–Crippen MR) is 135 cm³/mol. The van der Waals surface area contributed by atoms with Crippen LogP contribution in [0.1, 0.15) is 31.2 Å². The quantitative estimate of drug-likeness (QED) is 0.571. The number of nitriles is 1. The first-order valence-electron chi connectivity index (χ1n) is 12.0. The molecule has 1 aromatic carbocycles. The number of nitrogens with one attached hydrogen (secondary N) is 2. The number of hydrogen-bond donors (Lipinski definition) is 2. The fourth-order valence-corrected chi connectivity index (χ4v) is 4.64. The third kappa shape index (κ3) is 5.10. The summed E-state index contributed by atoms with van der Waals surface area (Å²) in [5.74, 6) is 1.38. The molecule has 4 heterocycles. The van der Waals surface area contributed by atoms with Crippen LogP contribution in [0.15, 0.2) is 48.8 Å². The Morgan fingerprint density at radius 3 is 2.56 bits per heavy atom. The largest absolute Gasteiger partial charge is 0.370 e. The maximum absolute atomic E-state index is 9.70. The Kier molecular flexibility index (Phi) is 6.54. The molecule has 0 atom stereocenters. The highest BCUT2D eigenvalue weighted by atomic mass is 15.1. The Morgan fingerprint density at radius 1 is 1.00 bits per heavy atom. The molecule has 2 N–H and O–H groups in total. The number of hydrogen-bond acceptors (Lipinski definition) is 8. The molecule has 0 spiro atoms. The van der Waals surface area contributed by atoms with Crippen molar-refractivity contribution < 1.29 is 0 Å². The fourth-order valence-electron chi connectivity index (χ4n) is 4.64. The van der Waals surface area contributed by atoms with Gasteiger partial charge in [-0.2, -0.15) is 5.26 Å². The van der Waals surface area contributed by atoms with E-state index in [4.69, 9.17) is 0 Å². The SMILES string of the molecule is CN1CCC(Nc2ccc(Nc3nccc(-c4ccc(N5CCCC5)c(C#N)c4)n3)cn2)CC1. The summed E-state index contributed by atoms with van der Waals surface area (Å²) in [7, 11) is 2.16. The van der Waals surface area contributed by atoms with E-state index in [9.17, 15) is 5.26 Å². The number of likely N-dealkylation sites (tertiary alicyclic amines) is 1. The Hall–Kier alpha value is -3.70. The lowest BCUT2D eigenvalue weighted by molar-refractivity contribution is 0.263. The molecule has 5 rings (SSSR count). The third-order valence-electron chi connectivity index (χ3n) is 6.61. The van der Waals surface area contributed by atoms with Crippen LogP contribution in [0.2, 0.25) is 0 Å². The number of pyridine rings is 1. The van der Waals surface area contributed by atoms with Crippen LogP contribution in [0.25, 0.3) is 11.3 Å². The van der Waals surface area contributed by atoms with Crippen LogP contribution in [0, 0.1) is 11.3 Å². The third-order valence-corrected chi connectivity index (χ3v) is 6.61. The minimum Gasteiger partial charge on any atom is -0.370 e. The van der Waals surface area contributed by atoms with Crippen molar-refractivity contribution in [1.29, 1.82) is 5.26 Å². The smallest absolute Gasteiger partial charge is 0.227 e. The van der Waals surface area contributed by atoms with Crippen LogP contribution in [0.5, 0.6) is 0 Å². The van der Waals surface area contributed by atoms with Crippen LogP contribution in [-0.2, 0) is 0 Å². The van der Waals surface area contributed by atoms with E-state index in [1.165, 1.54) is 12.8 Å². The highest BCUT2D eigenvalue weighted by Crippen LogP contribution is 2.29. The first-order valence-corrected chi connectivity index (χ1v) is 12.0. The minimum atomic E-state index is 0.470. The van der Waals surface area contributed by atoms with Gasteiger partial charge < -0.3 is 20.4 Å². The summed E-state index contributed by atoms with van der Waals surface area (Å²) in [5.41, 5.74) is 4.20. The molecule has 2 aliphatic rings. The van der Waals surface area contributed by atoms with Gasteiger partial charge >= 0.3 is 0 Å². The van der Waals surface area contributed by atoms with Crippen molar-refractivity contribution in [2.75, 3.05) is 48.8 Å². The molecule has 2 fully saturated rings. The van der Waals surface area contributed by atoms with Crippen molar-refractivity contribution in [1.82, 2.24) is 19.9 Å². The molecular weight excluding hydrogens is 424 g/mol. The standard InChI is InChI=1S/C26H30N8/c1-33-14-9-21(10-15-33)30-25-7-5-22(18-29-25)31-26-28-11-8-23(32-26)19-4-6-24(20(16-19)17-27)34-12-2-3-13-34/h4-8,11,16,18,21H,2-3,9-10,12-15H2,1H3,(H,29,30)(H,28,31,32). The van der Waals surface area contributed by atoms with Crippen molar-refractivity contribution in [2.24, 2.45) is 0 Å². The molecular formula is C26H30N8. The number of benzene rings is 1. The minimum absolute atomic E-state index is 0.470. The maximum Gasteiger partial charge on any atom is 0.227 e. The zero-order valence-corrected chi connectivity index (χ0v) is 19.5. The highest BCUT2D eigenvalue weighted by Gasteiger charge is 2.18. The van der Waals surface area contributed by atoms with Crippen molar-refractivity contribution in [2.45, 2.75) is 31.7 Å². The molecule has 0 aliphatic carbocycles. The Labute approximate surface area is 200 Å². The molecule has 2 aromatic heterocycles. The summed E-state index contributed by atoms with van der Waals surface area (Å²) < 4.78 is 0. The second-order valence-corrected chi connectivity index (χ2v) is 9.08. The van der Waals surface area contributed by atoms with E-state index in [0.717, 1.165) is 67.5 Å². The Morgan fingerprint density at radius 2 is 1.82 bits per heavy atom. The summed E-state index contributed by atoms with van der Waals surface area (Å²) in [4.78, 5) is 18.2. The second-order valence-electron chi connectivity index (χ2n) is 9.08. The van der Waals surface area contributed by atoms with Crippen molar-refractivity contribution in [3.63, 3.8) is 0 Å². The number of aromatic nitrogens is 3. The van der Waals surface area contributed by atoms with Crippen LogP contribution in [0.4, 0.5) is 23.1 Å². The van der Waals surface area contributed by atoms with Crippen LogP contribution in [0.3, 0.4) is 0 Å². The summed E-state index contributed by atoms with van der Waals surface area (Å²) in [5, 5.41) is 16.5. The molecule has 8 nitrogen and oxygen atoms in total. The number of piperidine rings is 1. The van der Waals surface area contributed by atoms with Crippen LogP contribution < -0.4 is 15.5 Å².